The molecule has 74 valence electrons. The average Bonchev–Trinajstić information content (AvgIpc) is 2.11. The van der Waals surface area contributed by atoms with Crippen LogP contribution in [-0.4, -0.2) is 0 Å². The van der Waals surface area contributed by atoms with Crippen molar-refractivity contribution in [2.75, 3.05) is 0 Å². The molecule has 0 heteroatoms. The summed E-state index contributed by atoms with van der Waals surface area (Å²) in [6.07, 6.45) is 8.36. The minimum absolute atomic E-state index is 1.000. The summed E-state index contributed by atoms with van der Waals surface area (Å²) in [5.41, 5.74) is 0. The second kappa shape index (κ2) is 7.64. The number of hydrogen-bond acceptors (Lipinski definition) is 0. The van der Waals surface area contributed by atoms with Gasteiger partial charge in [0.25, 0.3) is 0 Å². The molecule has 0 amide bonds. The van der Waals surface area contributed by atoms with Crippen LogP contribution in [0.5, 0.6) is 0 Å². The molecule has 0 aliphatic rings. The van der Waals surface area contributed by atoms with E-state index in [4.69, 9.17) is 0 Å². The molecule has 0 aliphatic heterocycles. The maximum Gasteiger partial charge on any atom is -0.0389 e. The molecule has 2 unspecified atom stereocenters. The summed E-state index contributed by atoms with van der Waals surface area (Å²) in [5, 5.41) is 0. The maximum atomic E-state index is 2.35. The maximum absolute atomic E-state index is 2.35. The van der Waals surface area contributed by atoms with Gasteiger partial charge in [-0.05, 0) is 11.8 Å². The van der Waals surface area contributed by atoms with Crippen molar-refractivity contribution >= 4 is 0 Å². The average molecular weight is 170 g/mol. The number of rotatable bonds is 7. The van der Waals surface area contributed by atoms with Gasteiger partial charge in [-0.15, -0.1) is 0 Å². The Morgan fingerprint density at radius 3 is 1.17 bits per heavy atom. The third-order valence-corrected chi connectivity index (χ3v) is 3.03. The molecule has 0 saturated carbocycles. The van der Waals surface area contributed by atoms with E-state index in [-0.39, 0.29) is 0 Å². The van der Waals surface area contributed by atoms with Crippen LogP contribution in [0.1, 0.15) is 66.2 Å². The highest BCUT2D eigenvalue weighted by atomic mass is 14.2. The summed E-state index contributed by atoms with van der Waals surface area (Å²) in [4.78, 5) is 0. The van der Waals surface area contributed by atoms with Gasteiger partial charge in [0.1, 0.15) is 0 Å². The van der Waals surface area contributed by atoms with Crippen molar-refractivity contribution in [1.82, 2.24) is 0 Å². The molecule has 0 N–H and O–H groups in total. The predicted octanol–water partition coefficient (Wildman–Crippen LogP) is 4.64. The molecule has 0 aliphatic carbocycles. The quantitative estimate of drug-likeness (QED) is 0.522. The Hall–Kier alpha value is 0. The van der Waals surface area contributed by atoms with E-state index in [0.717, 1.165) is 11.8 Å². The van der Waals surface area contributed by atoms with Crippen LogP contribution >= 0.6 is 0 Å². The van der Waals surface area contributed by atoms with Crippen molar-refractivity contribution < 1.29 is 0 Å². The summed E-state index contributed by atoms with van der Waals surface area (Å²) < 4.78 is 0. The van der Waals surface area contributed by atoms with Crippen LogP contribution in [0, 0.1) is 11.8 Å². The molecule has 0 spiro atoms. The zero-order valence-electron chi connectivity index (χ0n) is 9.40. The molecule has 0 aromatic carbocycles. The van der Waals surface area contributed by atoms with Gasteiger partial charge in [0, 0.05) is 0 Å². The Morgan fingerprint density at radius 1 is 0.667 bits per heavy atom. The monoisotopic (exact) mass is 170 g/mol. The molecule has 0 rings (SSSR count). The van der Waals surface area contributed by atoms with Crippen molar-refractivity contribution in [3.05, 3.63) is 0 Å². The smallest absolute Gasteiger partial charge is 0.0389 e. The first-order valence-electron chi connectivity index (χ1n) is 5.79. The Morgan fingerprint density at radius 2 is 1.00 bits per heavy atom. The Balaban J connectivity index is 3.84. The molecule has 0 bridgehead atoms. The Bertz CT molecular complexity index is 74.0. The standard InChI is InChI=1S/C12H26/c1-5-9-11(7-3)12(8-4)10-6-2/h11-12H,5-10H2,1-4H3. The van der Waals surface area contributed by atoms with Gasteiger partial charge in [-0.2, -0.15) is 0 Å². The summed E-state index contributed by atoms with van der Waals surface area (Å²) >= 11 is 0. The van der Waals surface area contributed by atoms with Crippen LogP contribution in [0.3, 0.4) is 0 Å². The third kappa shape index (κ3) is 4.13. The van der Waals surface area contributed by atoms with Gasteiger partial charge in [-0.1, -0.05) is 66.2 Å². The van der Waals surface area contributed by atoms with Crippen LogP contribution in [0.4, 0.5) is 0 Å². The van der Waals surface area contributed by atoms with E-state index in [1.165, 1.54) is 38.5 Å². The molecule has 2 atom stereocenters. The van der Waals surface area contributed by atoms with Gasteiger partial charge in [0.15, 0.2) is 0 Å². The lowest BCUT2D eigenvalue weighted by Crippen LogP contribution is -2.13. The minimum Gasteiger partial charge on any atom is -0.0654 e. The number of hydrogen-bond donors (Lipinski definition) is 0. The van der Waals surface area contributed by atoms with Gasteiger partial charge in [-0.3, -0.25) is 0 Å². The molecule has 0 fully saturated rings. The van der Waals surface area contributed by atoms with E-state index in [0.29, 0.717) is 0 Å². The van der Waals surface area contributed by atoms with Gasteiger partial charge in [0.05, 0.1) is 0 Å². The lowest BCUT2D eigenvalue weighted by molar-refractivity contribution is 0.274. The fourth-order valence-electron chi connectivity index (χ4n) is 2.29. The first kappa shape index (κ1) is 12.0. The van der Waals surface area contributed by atoms with E-state index >= 15 is 0 Å². The van der Waals surface area contributed by atoms with Crippen molar-refractivity contribution in [2.45, 2.75) is 66.2 Å². The first-order valence-corrected chi connectivity index (χ1v) is 5.79. The lowest BCUT2D eigenvalue weighted by Gasteiger charge is -2.24. The second-order valence-electron chi connectivity index (χ2n) is 3.91. The van der Waals surface area contributed by atoms with Crippen LogP contribution < -0.4 is 0 Å². The van der Waals surface area contributed by atoms with Crippen molar-refractivity contribution in [3.8, 4) is 0 Å². The van der Waals surface area contributed by atoms with E-state index in [1.54, 1.807) is 0 Å². The summed E-state index contributed by atoms with van der Waals surface area (Å²) in [7, 11) is 0. The summed E-state index contributed by atoms with van der Waals surface area (Å²) in [6, 6.07) is 0. The van der Waals surface area contributed by atoms with Crippen LogP contribution in [0.25, 0.3) is 0 Å². The van der Waals surface area contributed by atoms with E-state index < -0.39 is 0 Å². The van der Waals surface area contributed by atoms with E-state index in [2.05, 4.69) is 27.7 Å². The highest BCUT2D eigenvalue weighted by molar-refractivity contribution is 4.67. The molecule has 0 aromatic rings. The van der Waals surface area contributed by atoms with Crippen molar-refractivity contribution in [1.29, 1.82) is 0 Å². The molecule has 0 heterocycles. The van der Waals surface area contributed by atoms with Gasteiger partial charge >= 0.3 is 0 Å². The largest absolute Gasteiger partial charge is 0.0654 e. The minimum atomic E-state index is 1.000. The molecular formula is C12H26. The highest BCUT2D eigenvalue weighted by Crippen LogP contribution is 2.27. The highest BCUT2D eigenvalue weighted by Gasteiger charge is 2.15. The SMILES string of the molecule is CCCC(CC)C(CC)CCC. The van der Waals surface area contributed by atoms with Crippen LogP contribution in [0.2, 0.25) is 0 Å². The zero-order chi connectivity index (χ0) is 9.40. The fourth-order valence-corrected chi connectivity index (χ4v) is 2.29. The van der Waals surface area contributed by atoms with Crippen LogP contribution in [0.15, 0.2) is 0 Å². The molecule has 0 radical (unpaired) electrons. The molecule has 12 heavy (non-hydrogen) atoms. The van der Waals surface area contributed by atoms with Crippen LogP contribution in [-0.2, 0) is 0 Å². The van der Waals surface area contributed by atoms with Gasteiger partial charge < -0.3 is 0 Å². The first-order chi connectivity index (χ1) is 5.79. The summed E-state index contributed by atoms with van der Waals surface area (Å²) in [6.45, 7) is 9.31. The molecule has 0 saturated heterocycles. The normalized spacial score (nSPS) is 16.0. The van der Waals surface area contributed by atoms with Gasteiger partial charge in [-0.25, -0.2) is 0 Å². The van der Waals surface area contributed by atoms with E-state index in [9.17, 15) is 0 Å². The molecular weight excluding hydrogens is 144 g/mol. The fraction of sp³-hybridized carbons (Fsp3) is 1.00. The van der Waals surface area contributed by atoms with Gasteiger partial charge in [0.2, 0.25) is 0 Å². The summed E-state index contributed by atoms with van der Waals surface area (Å²) in [5.74, 6) is 2.00. The Kier molecular flexibility index (Phi) is 7.64. The second-order valence-corrected chi connectivity index (χ2v) is 3.91. The Labute approximate surface area is 78.8 Å². The third-order valence-electron chi connectivity index (χ3n) is 3.03. The molecule has 0 aromatic heterocycles. The zero-order valence-corrected chi connectivity index (χ0v) is 9.40. The predicted molar refractivity (Wildman–Crippen MR) is 57.4 cm³/mol. The topological polar surface area (TPSA) is 0 Å². The molecule has 0 nitrogen and oxygen atoms in total. The van der Waals surface area contributed by atoms with Crippen molar-refractivity contribution in [2.24, 2.45) is 11.8 Å². The van der Waals surface area contributed by atoms with E-state index in [1.807, 2.05) is 0 Å². The van der Waals surface area contributed by atoms with Crippen molar-refractivity contribution in [3.63, 3.8) is 0 Å². The lowest BCUT2D eigenvalue weighted by atomic mass is 9.82.